The summed E-state index contributed by atoms with van der Waals surface area (Å²) in [5.74, 6) is 0.469. The van der Waals surface area contributed by atoms with Crippen LogP contribution in [0.3, 0.4) is 0 Å². The number of anilines is 2. The van der Waals surface area contributed by atoms with E-state index >= 15 is 0 Å². The molecule has 1 aromatic heterocycles. The number of nitrogens with two attached hydrogens (primary N) is 1. The Morgan fingerprint density at radius 1 is 1.59 bits per heavy atom. The third-order valence-corrected chi connectivity index (χ3v) is 2.59. The van der Waals surface area contributed by atoms with Gasteiger partial charge in [0.2, 0.25) is 11.9 Å². The highest BCUT2D eigenvalue weighted by Gasteiger charge is 2.25. The van der Waals surface area contributed by atoms with E-state index in [0.717, 1.165) is 12.8 Å². The first kappa shape index (κ1) is 11.9. The third-order valence-electron chi connectivity index (χ3n) is 2.39. The van der Waals surface area contributed by atoms with Gasteiger partial charge >= 0.3 is 0 Å². The maximum atomic E-state index is 11.7. The summed E-state index contributed by atoms with van der Waals surface area (Å²) in [7, 11) is 0. The van der Waals surface area contributed by atoms with Crippen LogP contribution in [0.25, 0.3) is 0 Å². The molecule has 6 nitrogen and oxygen atoms in total. The van der Waals surface area contributed by atoms with E-state index < -0.39 is 0 Å². The number of carbonyl (C=O) groups is 1. The molecule has 1 amide bonds. The van der Waals surface area contributed by atoms with Crippen molar-refractivity contribution in [2.45, 2.75) is 31.8 Å². The first-order valence-electron chi connectivity index (χ1n) is 5.41. The SMILES string of the molecule is CC(Nc1cc(Cl)nc(N)n1)C(=O)NC1CC1. The van der Waals surface area contributed by atoms with Crippen LogP contribution < -0.4 is 16.4 Å². The Morgan fingerprint density at radius 2 is 2.29 bits per heavy atom. The molecule has 4 N–H and O–H groups in total. The average molecular weight is 256 g/mol. The van der Waals surface area contributed by atoms with Crippen LogP contribution in [-0.4, -0.2) is 28.0 Å². The lowest BCUT2D eigenvalue weighted by atomic mass is 10.3. The van der Waals surface area contributed by atoms with Gasteiger partial charge in [0.05, 0.1) is 0 Å². The molecule has 92 valence electrons. The van der Waals surface area contributed by atoms with E-state index in [4.69, 9.17) is 17.3 Å². The lowest BCUT2D eigenvalue weighted by molar-refractivity contribution is -0.121. The standard InChI is InChI=1S/C10H14ClN5O/c1-5(9(17)14-6-2-3-6)13-8-4-7(11)15-10(12)16-8/h4-6H,2-3H2,1H3,(H,14,17)(H3,12,13,15,16). The molecule has 0 spiro atoms. The van der Waals surface area contributed by atoms with E-state index in [1.807, 2.05) is 0 Å². The average Bonchev–Trinajstić information content (AvgIpc) is 2.99. The summed E-state index contributed by atoms with van der Waals surface area (Å²) < 4.78 is 0. The van der Waals surface area contributed by atoms with Crippen LogP contribution in [0.15, 0.2) is 6.07 Å². The van der Waals surface area contributed by atoms with Crippen molar-refractivity contribution in [2.24, 2.45) is 0 Å². The summed E-state index contributed by atoms with van der Waals surface area (Å²) in [5, 5.41) is 6.07. The van der Waals surface area contributed by atoms with Crippen molar-refractivity contribution in [1.29, 1.82) is 0 Å². The molecular formula is C10H14ClN5O. The van der Waals surface area contributed by atoms with Crippen molar-refractivity contribution in [3.05, 3.63) is 11.2 Å². The fourth-order valence-corrected chi connectivity index (χ4v) is 1.54. The Hall–Kier alpha value is -1.56. The van der Waals surface area contributed by atoms with Gasteiger partial charge < -0.3 is 16.4 Å². The zero-order valence-electron chi connectivity index (χ0n) is 9.40. The minimum absolute atomic E-state index is 0.0548. The number of nitrogens with one attached hydrogen (secondary N) is 2. The molecule has 1 atom stereocenters. The Morgan fingerprint density at radius 3 is 2.88 bits per heavy atom. The number of amides is 1. The minimum atomic E-state index is -0.388. The number of nitrogens with zero attached hydrogens (tertiary/aromatic N) is 2. The molecule has 0 radical (unpaired) electrons. The topological polar surface area (TPSA) is 92.9 Å². The normalized spacial score (nSPS) is 16.4. The summed E-state index contributed by atoms with van der Waals surface area (Å²) in [6.45, 7) is 1.75. The fourth-order valence-electron chi connectivity index (χ4n) is 1.35. The highest BCUT2D eigenvalue weighted by molar-refractivity contribution is 6.29. The van der Waals surface area contributed by atoms with Crippen molar-refractivity contribution in [3.8, 4) is 0 Å². The molecular weight excluding hydrogens is 242 g/mol. The number of halogens is 1. The van der Waals surface area contributed by atoms with Crippen LogP contribution in [-0.2, 0) is 4.79 Å². The predicted octanol–water partition coefficient (Wildman–Crippen LogP) is 0.791. The smallest absolute Gasteiger partial charge is 0.242 e. The van der Waals surface area contributed by atoms with Crippen molar-refractivity contribution < 1.29 is 4.79 Å². The summed E-state index contributed by atoms with van der Waals surface area (Å²) in [6.07, 6.45) is 2.12. The van der Waals surface area contributed by atoms with E-state index in [1.54, 1.807) is 6.92 Å². The molecule has 0 saturated heterocycles. The quantitative estimate of drug-likeness (QED) is 0.692. The molecule has 0 bridgehead atoms. The molecule has 1 aromatic rings. The maximum Gasteiger partial charge on any atom is 0.242 e. The molecule has 0 aromatic carbocycles. The minimum Gasteiger partial charge on any atom is -0.368 e. The van der Waals surface area contributed by atoms with Gasteiger partial charge in [0, 0.05) is 12.1 Å². The first-order chi connectivity index (χ1) is 8.04. The molecule has 0 aliphatic heterocycles. The molecule has 1 fully saturated rings. The number of rotatable bonds is 4. The van der Waals surface area contributed by atoms with Gasteiger partial charge in [0.15, 0.2) is 0 Å². The van der Waals surface area contributed by atoms with Crippen molar-refractivity contribution in [1.82, 2.24) is 15.3 Å². The second-order valence-electron chi connectivity index (χ2n) is 4.08. The van der Waals surface area contributed by atoms with Gasteiger partial charge in [-0.3, -0.25) is 4.79 Å². The molecule has 17 heavy (non-hydrogen) atoms. The van der Waals surface area contributed by atoms with Crippen LogP contribution in [0.4, 0.5) is 11.8 Å². The summed E-state index contributed by atoms with van der Waals surface area (Å²) >= 11 is 5.74. The van der Waals surface area contributed by atoms with Gasteiger partial charge in [0.1, 0.15) is 17.0 Å². The van der Waals surface area contributed by atoms with Gasteiger partial charge in [-0.1, -0.05) is 11.6 Å². The molecule has 1 saturated carbocycles. The van der Waals surface area contributed by atoms with Crippen LogP contribution in [0, 0.1) is 0 Å². The van der Waals surface area contributed by atoms with Gasteiger partial charge in [-0.2, -0.15) is 4.98 Å². The van der Waals surface area contributed by atoms with Gasteiger partial charge in [-0.25, -0.2) is 4.98 Å². The monoisotopic (exact) mass is 255 g/mol. The van der Waals surface area contributed by atoms with E-state index in [-0.39, 0.29) is 23.1 Å². The lowest BCUT2D eigenvalue weighted by Crippen LogP contribution is -2.38. The predicted molar refractivity (Wildman–Crippen MR) is 65.7 cm³/mol. The van der Waals surface area contributed by atoms with Crippen molar-refractivity contribution >= 4 is 29.3 Å². The van der Waals surface area contributed by atoms with Gasteiger partial charge in [-0.15, -0.1) is 0 Å². The first-order valence-corrected chi connectivity index (χ1v) is 5.79. The van der Waals surface area contributed by atoms with Gasteiger partial charge in [0.25, 0.3) is 0 Å². The second kappa shape index (κ2) is 4.75. The van der Waals surface area contributed by atoms with Gasteiger partial charge in [-0.05, 0) is 19.8 Å². The molecule has 1 heterocycles. The van der Waals surface area contributed by atoms with E-state index in [9.17, 15) is 4.79 Å². The van der Waals surface area contributed by atoms with E-state index in [0.29, 0.717) is 11.9 Å². The highest BCUT2D eigenvalue weighted by Crippen LogP contribution is 2.19. The fraction of sp³-hybridized carbons (Fsp3) is 0.500. The molecule has 2 rings (SSSR count). The van der Waals surface area contributed by atoms with E-state index in [1.165, 1.54) is 6.07 Å². The summed E-state index contributed by atoms with van der Waals surface area (Å²) in [6, 6.07) is 1.48. The van der Waals surface area contributed by atoms with Crippen LogP contribution >= 0.6 is 11.6 Å². The Bertz CT molecular complexity index is 414. The Kier molecular flexibility index (Phi) is 3.33. The summed E-state index contributed by atoms with van der Waals surface area (Å²) in [4.78, 5) is 19.4. The number of carbonyl (C=O) groups excluding carboxylic acids is 1. The van der Waals surface area contributed by atoms with Crippen LogP contribution in [0.2, 0.25) is 5.15 Å². The Labute approximate surface area is 104 Å². The zero-order valence-corrected chi connectivity index (χ0v) is 10.2. The lowest BCUT2D eigenvalue weighted by Gasteiger charge is -2.14. The maximum absolute atomic E-state index is 11.7. The third kappa shape index (κ3) is 3.45. The highest BCUT2D eigenvalue weighted by atomic mass is 35.5. The Balaban J connectivity index is 1.96. The second-order valence-corrected chi connectivity index (χ2v) is 4.47. The molecule has 1 aliphatic rings. The number of aromatic nitrogens is 2. The van der Waals surface area contributed by atoms with E-state index in [2.05, 4.69) is 20.6 Å². The van der Waals surface area contributed by atoms with Crippen molar-refractivity contribution in [2.75, 3.05) is 11.1 Å². The zero-order chi connectivity index (χ0) is 12.4. The van der Waals surface area contributed by atoms with Crippen LogP contribution in [0.5, 0.6) is 0 Å². The molecule has 1 aliphatic carbocycles. The number of hydrogen-bond acceptors (Lipinski definition) is 5. The number of nitrogen functional groups attached to an aromatic ring is 1. The van der Waals surface area contributed by atoms with Crippen molar-refractivity contribution in [3.63, 3.8) is 0 Å². The molecule has 7 heteroatoms. The summed E-state index contributed by atoms with van der Waals surface area (Å²) in [5.41, 5.74) is 5.45. The number of hydrogen-bond donors (Lipinski definition) is 3. The largest absolute Gasteiger partial charge is 0.368 e. The molecule has 1 unspecified atom stereocenters. The van der Waals surface area contributed by atoms with Crippen LogP contribution in [0.1, 0.15) is 19.8 Å².